The lowest BCUT2D eigenvalue weighted by atomic mass is 9.83. The number of benzene rings is 1. The third-order valence-corrected chi connectivity index (χ3v) is 3.61. The van der Waals surface area contributed by atoms with E-state index >= 15 is 0 Å². The van der Waals surface area contributed by atoms with Crippen molar-refractivity contribution >= 4 is 11.4 Å². The van der Waals surface area contributed by atoms with Crippen molar-refractivity contribution in [1.82, 2.24) is 0 Å². The summed E-state index contributed by atoms with van der Waals surface area (Å²) in [6.07, 6.45) is -0.238. The van der Waals surface area contributed by atoms with Crippen LogP contribution in [-0.4, -0.2) is 11.5 Å². The second-order valence-corrected chi connectivity index (χ2v) is 5.00. The lowest BCUT2D eigenvalue weighted by Gasteiger charge is -2.25. The largest absolute Gasteiger partial charge is 0.423 e. The SMILES string of the molecule is O=[N+]([O-])c1ccc(NCCC2CCC2)cc1C(F)(F)F. The molecular formula is C13H15F3N2O2. The predicted molar refractivity (Wildman–Crippen MR) is 68.5 cm³/mol. The quantitative estimate of drug-likeness (QED) is 0.652. The summed E-state index contributed by atoms with van der Waals surface area (Å²) in [5.74, 6) is 0.655. The zero-order chi connectivity index (χ0) is 14.8. The Balaban J connectivity index is 2.08. The van der Waals surface area contributed by atoms with Gasteiger partial charge in [-0.3, -0.25) is 10.1 Å². The van der Waals surface area contributed by atoms with Gasteiger partial charge in [-0.1, -0.05) is 19.3 Å². The summed E-state index contributed by atoms with van der Waals surface area (Å²) in [6, 6.07) is 3.02. The Labute approximate surface area is 114 Å². The van der Waals surface area contributed by atoms with Gasteiger partial charge in [0, 0.05) is 18.3 Å². The first-order valence-corrected chi connectivity index (χ1v) is 6.47. The number of nitrogens with one attached hydrogen (secondary N) is 1. The zero-order valence-corrected chi connectivity index (χ0v) is 10.7. The zero-order valence-electron chi connectivity index (χ0n) is 10.7. The predicted octanol–water partition coefficient (Wildman–Crippen LogP) is 4.22. The molecule has 0 aromatic heterocycles. The highest BCUT2D eigenvalue weighted by Crippen LogP contribution is 2.37. The van der Waals surface area contributed by atoms with Crippen molar-refractivity contribution in [2.45, 2.75) is 31.9 Å². The van der Waals surface area contributed by atoms with Crippen molar-refractivity contribution in [2.24, 2.45) is 5.92 Å². The van der Waals surface area contributed by atoms with Crippen LogP contribution in [0.1, 0.15) is 31.2 Å². The highest BCUT2D eigenvalue weighted by Gasteiger charge is 2.38. The Bertz CT molecular complexity index is 499. The molecule has 2 rings (SSSR count). The van der Waals surface area contributed by atoms with Crippen molar-refractivity contribution in [1.29, 1.82) is 0 Å². The van der Waals surface area contributed by atoms with Gasteiger partial charge >= 0.3 is 6.18 Å². The van der Waals surface area contributed by atoms with E-state index in [0.29, 0.717) is 12.5 Å². The van der Waals surface area contributed by atoms with Crippen LogP contribution in [0.5, 0.6) is 0 Å². The van der Waals surface area contributed by atoms with Crippen molar-refractivity contribution < 1.29 is 18.1 Å². The van der Waals surface area contributed by atoms with Crippen molar-refractivity contribution in [3.8, 4) is 0 Å². The van der Waals surface area contributed by atoms with Gasteiger partial charge in [-0.15, -0.1) is 0 Å². The van der Waals surface area contributed by atoms with Crippen LogP contribution in [0.15, 0.2) is 18.2 Å². The number of alkyl halides is 3. The van der Waals surface area contributed by atoms with E-state index in [1.54, 1.807) is 0 Å². The Morgan fingerprint density at radius 2 is 2.05 bits per heavy atom. The molecule has 1 fully saturated rings. The van der Waals surface area contributed by atoms with Crippen molar-refractivity contribution in [3.05, 3.63) is 33.9 Å². The normalized spacial score (nSPS) is 15.8. The number of nitro benzene ring substituents is 1. The number of rotatable bonds is 5. The van der Waals surface area contributed by atoms with Crippen LogP contribution in [-0.2, 0) is 6.18 Å². The number of nitro groups is 1. The average molecular weight is 288 g/mol. The van der Waals surface area contributed by atoms with E-state index in [1.807, 2.05) is 0 Å². The van der Waals surface area contributed by atoms with Gasteiger partial charge in [0.25, 0.3) is 5.69 Å². The summed E-state index contributed by atoms with van der Waals surface area (Å²) in [5, 5.41) is 13.5. The monoisotopic (exact) mass is 288 g/mol. The van der Waals surface area contributed by atoms with Gasteiger partial charge < -0.3 is 5.32 Å². The molecule has 1 aromatic carbocycles. The van der Waals surface area contributed by atoms with E-state index in [2.05, 4.69) is 5.32 Å². The number of hydrogen-bond acceptors (Lipinski definition) is 3. The molecule has 1 N–H and O–H groups in total. The summed E-state index contributed by atoms with van der Waals surface area (Å²) < 4.78 is 38.3. The molecule has 0 bridgehead atoms. The van der Waals surface area contributed by atoms with E-state index in [9.17, 15) is 23.3 Å². The summed E-state index contributed by atoms with van der Waals surface area (Å²) in [5.41, 5.74) is -1.86. The maximum absolute atomic E-state index is 12.8. The lowest BCUT2D eigenvalue weighted by molar-refractivity contribution is -0.388. The second kappa shape index (κ2) is 5.68. The highest BCUT2D eigenvalue weighted by atomic mass is 19.4. The Morgan fingerprint density at radius 1 is 1.35 bits per heavy atom. The maximum atomic E-state index is 12.8. The molecule has 20 heavy (non-hydrogen) atoms. The van der Waals surface area contributed by atoms with Gasteiger partial charge in [-0.25, -0.2) is 0 Å². The number of hydrogen-bond donors (Lipinski definition) is 1. The van der Waals surface area contributed by atoms with Gasteiger partial charge in [-0.05, 0) is 24.5 Å². The van der Waals surface area contributed by atoms with Gasteiger partial charge in [-0.2, -0.15) is 13.2 Å². The van der Waals surface area contributed by atoms with E-state index < -0.39 is 22.4 Å². The molecule has 1 aromatic rings. The lowest BCUT2D eigenvalue weighted by Crippen LogP contribution is -2.16. The molecule has 0 spiro atoms. The summed E-state index contributed by atoms with van der Waals surface area (Å²) in [4.78, 5) is 9.60. The van der Waals surface area contributed by atoms with Crippen molar-refractivity contribution in [3.63, 3.8) is 0 Å². The van der Waals surface area contributed by atoms with Crippen LogP contribution in [0.4, 0.5) is 24.5 Å². The molecule has 7 heteroatoms. The van der Waals surface area contributed by atoms with Crippen LogP contribution in [0.25, 0.3) is 0 Å². The average Bonchev–Trinajstić information content (AvgIpc) is 2.31. The first kappa shape index (κ1) is 14.6. The van der Waals surface area contributed by atoms with E-state index in [4.69, 9.17) is 0 Å². The standard InChI is InChI=1S/C13H15F3N2O2/c14-13(15,16)11-8-10(4-5-12(11)18(19)20)17-7-6-9-2-1-3-9/h4-5,8-9,17H,1-3,6-7H2. The van der Waals surface area contributed by atoms with Crippen LogP contribution >= 0.6 is 0 Å². The van der Waals surface area contributed by atoms with Crippen molar-refractivity contribution in [2.75, 3.05) is 11.9 Å². The molecule has 0 unspecified atom stereocenters. The Morgan fingerprint density at radius 3 is 2.55 bits per heavy atom. The first-order chi connectivity index (χ1) is 9.38. The van der Waals surface area contributed by atoms with Gasteiger partial charge in [0.1, 0.15) is 5.56 Å². The molecule has 0 heterocycles. The van der Waals surface area contributed by atoms with Gasteiger partial charge in [0.2, 0.25) is 0 Å². The third kappa shape index (κ3) is 3.40. The topological polar surface area (TPSA) is 55.2 Å². The van der Waals surface area contributed by atoms with Crippen LogP contribution in [0.2, 0.25) is 0 Å². The fraction of sp³-hybridized carbons (Fsp3) is 0.538. The molecule has 1 aliphatic rings. The van der Waals surface area contributed by atoms with Gasteiger partial charge in [0.15, 0.2) is 0 Å². The molecule has 1 aliphatic carbocycles. The van der Waals surface area contributed by atoms with E-state index in [0.717, 1.165) is 18.6 Å². The number of nitrogens with zero attached hydrogens (tertiary/aromatic N) is 1. The highest BCUT2D eigenvalue weighted by molar-refractivity contribution is 5.55. The minimum absolute atomic E-state index is 0.266. The molecule has 0 amide bonds. The summed E-state index contributed by atoms with van der Waals surface area (Å²) in [6.45, 7) is 0.583. The molecule has 0 saturated heterocycles. The van der Waals surface area contributed by atoms with Crippen LogP contribution in [0.3, 0.4) is 0 Å². The molecule has 110 valence electrons. The minimum Gasteiger partial charge on any atom is -0.385 e. The number of halogens is 3. The molecule has 4 nitrogen and oxygen atoms in total. The maximum Gasteiger partial charge on any atom is 0.423 e. The fourth-order valence-corrected chi connectivity index (χ4v) is 2.23. The number of anilines is 1. The molecule has 0 atom stereocenters. The van der Waals surface area contributed by atoms with E-state index in [1.165, 1.54) is 25.3 Å². The van der Waals surface area contributed by atoms with E-state index in [-0.39, 0.29) is 5.69 Å². The van der Waals surface area contributed by atoms with Crippen LogP contribution < -0.4 is 5.32 Å². The van der Waals surface area contributed by atoms with Gasteiger partial charge in [0.05, 0.1) is 4.92 Å². The first-order valence-electron chi connectivity index (χ1n) is 6.47. The Hall–Kier alpha value is -1.79. The van der Waals surface area contributed by atoms with Crippen LogP contribution in [0, 0.1) is 16.0 Å². The minimum atomic E-state index is -4.73. The third-order valence-electron chi connectivity index (χ3n) is 3.61. The molecule has 0 radical (unpaired) electrons. The smallest absolute Gasteiger partial charge is 0.385 e. The second-order valence-electron chi connectivity index (χ2n) is 5.00. The summed E-state index contributed by atoms with van der Waals surface area (Å²) >= 11 is 0. The fourth-order valence-electron chi connectivity index (χ4n) is 2.23. The Kier molecular flexibility index (Phi) is 4.15. The summed E-state index contributed by atoms with van der Waals surface area (Å²) in [7, 11) is 0. The molecule has 1 saturated carbocycles. The molecular weight excluding hydrogens is 273 g/mol. The molecule has 0 aliphatic heterocycles.